The lowest BCUT2D eigenvalue weighted by Crippen LogP contribution is -2.43. The maximum Gasteiger partial charge on any atom is 0.349 e. The Bertz CT molecular complexity index is 448. The predicted octanol–water partition coefficient (Wildman–Crippen LogP) is 1.85. The molecule has 0 aliphatic rings. The van der Waals surface area contributed by atoms with Gasteiger partial charge in [-0.25, -0.2) is 0 Å². The smallest absolute Gasteiger partial charge is 0.349 e. The largest absolute Gasteiger partial charge is 0.469 e. The number of amides is 1. The van der Waals surface area contributed by atoms with E-state index in [2.05, 4.69) is 10.1 Å². The Balaban J connectivity index is 2.69. The summed E-state index contributed by atoms with van der Waals surface area (Å²) in [5, 5.41) is 2.09. The number of halogens is 2. The van der Waals surface area contributed by atoms with Crippen LogP contribution in [0.4, 0.5) is 8.78 Å². The Hall–Kier alpha value is -1.98. The first-order valence-corrected chi connectivity index (χ1v) is 5.69. The third-order valence-electron chi connectivity index (χ3n) is 2.50. The molecule has 1 aromatic rings. The van der Waals surface area contributed by atoms with Crippen LogP contribution in [0.15, 0.2) is 30.3 Å². The highest BCUT2D eigenvalue weighted by atomic mass is 19.3. The molecular weight excluding hydrogens is 256 g/mol. The van der Waals surface area contributed by atoms with E-state index < -0.39 is 29.4 Å². The van der Waals surface area contributed by atoms with Gasteiger partial charge in [-0.3, -0.25) is 9.59 Å². The summed E-state index contributed by atoms with van der Waals surface area (Å²) < 4.78 is 32.0. The van der Waals surface area contributed by atoms with Gasteiger partial charge in [0.15, 0.2) is 0 Å². The fourth-order valence-electron chi connectivity index (χ4n) is 1.48. The van der Waals surface area contributed by atoms with Crippen molar-refractivity contribution in [2.75, 3.05) is 7.11 Å². The van der Waals surface area contributed by atoms with Crippen molar-refractivity contribution in [3.63, 3.8) is 0 Å². The first-order valence-electron chi connectivity index (χ1n) is 5.69. The molecule has 1 aromatic carbocycles. The topological polar surface area (TPSA) is 55.4 Å². The number of carbonyl (C=O) groups is 2. The molecule has 6 heteroatoms. The Morgan fingerprint density at radius 3 is 2.42 bits per heavy atom. The zero-order valence-electron chi connectivity index (χ0n) is 10.7. The van der Waals surface area contributed by atoms with Crippen LogP contribution in [-0.4, -0.2) is 25.0 Å². The molecule has 0 radical (unpaired) electrons. The van der Waals surface area contributed by atoms with E-state index in [4.69, 9.17) is 0 Å². The molecule has 0 saturated heterocycles. The highest BCUT2D eigenvalue weighted by Crippen LogP contribution is 2.27. The molecule has 4 nitrogen and oxygen atoms in total. The first-order chi connectivity index (χ1) is 8.87. The number of hydrogen-bond donors (Lipinski definition) is 1. The molecule has 19 heavy (non-hydrogen) atoms. The van der Waals surface area contributed by atoms with Gasteiger partial charge in [-0.1, -0.05) is 30.3 Å². The molecule has 0 aliphatic heterocycles. The van der Waals surface area contributed by atoms with E-state index >= 15 is 0 Å². The molecule has 0 aliphatic carbocycles. The number of rotatable bonds is 5. The summed E-state index contributed by atoms with van der Waals surface area (Å²) in [6, 6.07) is 6.05. The average molecular weight is 271 g/mol. The van der Waals surface area contributed by atoms with E-state index in [0.717, 1.165) is 0 Å². The van der Waals surface area contributed by atoms with Gasteiger partial charge in [0.1, 0.15) is 0 Å². The summed E-state index contributed by atoms with van der Waals surface area (Å²) in [4.78, 5) is 22.5. The Morgan fingerprint density at radius 1 is 1.32 bits per heavy atom. The van der Waals surface area contributed by atoms with E-state index in [9.17, 15) is 18.4 Å². The molecule has 0 unspecified atom stereocenters. The van der Waals surface area contributed by atoms with Gasteiger partial charge in [-0.05, 0) is 6.92 Å². The van der Waals surface area contributed by atoms with Crippen molar-refractivity contribution in [1.29, 1.82) is 0 Å². The fourth-order valence-corrected chi connectivity index (χ4v) is 1.48. The Kier molecular flexibility index (Phi) is 4.97. The van der Waals surface area contributed by atoms with E-state index in [1.54, 1.807) is 6.07 Å². The van der Waals surface area contributed by atoms with Crippen LogP contribution in [0.25, 0.3) is 0 Å². The predicted molar refractivity (Wildman–Crippen MR) is 64.6 cm³/mol. The van der Waals surface area contributed by atoms with Crippen LogP contribution in [-0.2, 0) is 20.2 Å². The van der Waals surface area contributed by atoms with Crippen LogP contribution in [0.3, 0.4) is 0 Å². The van der Waals surface area contributed by atoms with Crippen LogP contribution in [0.5, 0.6) is 0 Å². The molecular formula is C13H15F2NO3. The number of carbonyl (C=O) groups excluding carboxylic acids is 2. The van der Waals surface area contributed by atoms with Crippen molar-refractivity contribution in [3.05, 3.63) is 35.9 Å². The molecule has 104 valence electrons. The lowest BCUT2D eigenvalue weighted by atomic mass is 10.1. The first kappa shape index (κ1) is 15.1. The molecule has 0 spiro atoms. The van der Waals surface area contributed by atoms with Gasteiger partial charge >= 0.3 is 11.9 Å². The van der Waals surface area contributed by atoms with Gasteiger partial charge < -0.3 is 10.1 Å². The molecule has 0 heterocycles. The quantitative estimate of drug-likeness (QED) is 0.831. The maximum absolute atomic E-state index is 13.8. The van der Waals surface area contributed by atoms with Crippen molar-refractivity contribution in [3.8, 4) is 0 Å². The van der Waals surface area contributed by atoms with Crippen LogP contribution in [0.1, 0.15) is 18.9 Å². The number of hydrogen-bond acceptors (Lipinski definition) is 3. The van der Waals surface area contributed by atoms with E-state index in [1.807, 2.05) is 0 Å². The minimum absolute atomic E-state index is 0.160. The third kappa shape index (κ3) is 4.01. The molecule has 0 bridgehead atoms. The lowest BCUT2D eigenvalue weighted by Gasteiger charge is -2.19. The van der Waals surface area contributed by atoms with Crippen LogP contribution < -0.4 is 5.32 Å². The summed E-state index contributed by atoms with van der Waals surface area (Å²) in [6.07, 6.45) is -0.160. The highest BCUT2D eigenvalue weighted by Gasteiger charge is 2.41. The molecule has 0 aromatic heterocycles. The van der Waals surface area contributed by atoms with Gasteiger partial charge in [-0.2, -0.15) is 8.78 Å². The number of methoxy groups -OCH3 is 1. The van der Waals surface area contributed by atoms with Crippen molar-refractivity contribution in [2.24, 2.45) is 0 Å². The zero-order chi connectivity index (χ0) is 14.5. The summed E-state index contributed by atoms with van der Waals surface area (Å²) in [6.45, 7) is 1.45. The molecule has 1 amide bonds. The average Bonchev–Trinajstić information content (AvgIpc) is 2.39. The Labute approximate surface area is 109 Å². The van der Waals surface area contributed by atoms with Crippen LogP contribution in [0.2, 0.25) is 0 Å². The van der Waals surface area contributed by atoms with Gasteiger partial charge in [-0.15, -0.1) is 0 Å². The normalized spacial score (nSPS) is 12.6. The second-order valence-electron chi connectivity index (χ2n) is 4.10. The minimum Gasteiger partial charge on any atom is -0.469 e. The summed E-state index contributed by atoms with van der Waals surface area (Å²) in [5.41, 5.74) is -0.391. The lowest BCUT2D eigenvalue weighted by molar-refractivity contribution is -0.148. The number of ether oxygens (including phenoxy) is 1. The number of nitrogens with one attached hydrogen (secondary N) is 1. The van der Waals surface area contributed by atoms with Gasteiger partial charge in [0.25, 0.3) is 5.91 Å². The number of benzene rings is 1. The highest BCUT2D eigenvalue weighted by molar-refractivity contribution is 5.85. The van der Waals surface area contributed by atoms with Crippen molar-refractivity contribution < 1.29 is 23.1 Å². The minimum atomic E-state index is -3.63. The fraction of sp³-hybridized carbons (Fsp3) is 0.385. The van der Waals surface area contributed by atoms with Gasteiger partial charge in [0.05, 0.1) is 13.5 Å². The summed E-state index contributed by atoms with van der Waals surface area (Å²) in [7, 11) is 1.19. The van der Waals surface area contributed by atoms with E-state index in [-0.39, 0.29) is 6.42 Å². The van der Waals surface area contributed by atoms with Gasteiger partial charge in [0, 0.05) is 11.6 Å². The second-order valence-corrected chi connectivity index (χ2v) is 4.10. The van der Waals surface area contributed by atoms with Crippen LogP contribution in [0, 0.1) is 0 Å². The molecule has 1 N–H and O–H groups in total. The van der Waals surface area contributed by atoms with Crippen LogP contribution >= 0.6 is 0 Å². The standard InChI is InChI=1S/C13H15F2NO3/c1-9(8-11(17)19-2)16-12(18)13(14,15)10-6-4-3-5-7-10/h3-7,9H,8H2,1-2H3,(H,16,18)/t9-/m0/s1. The Morgan fingerprint density at radius 2 is 1.89 bits per heavy atom. The molecule has 0 saturated carbocycles. The summed E-state index contributed by atoms with van der Waals surface area (Å²) in [5.74, 6) is -5.64. The van der Waals surface area contributed by atoms with Gasteiger partial charge in [0.2, 0.25) is 0 Å². The van der Waals surface area contributed by atoms with Crippen molar-refractivity contribution in [1.82, 2.24) is 5.32 Å². The SMILES string of the molecule is COC(=O)C[C@H](C)NC(=O)C(F)(F)c1ccccc1. The maximum atomic E-state index is 13.8. The van der Waals surface area contributed by atoms with Crippen molar-refractivity contribution >= 4 is 11.9 Å². The second kappa shape index (κ2) is 6.26. The number of alkyl halides is 2. The monoisotopic (exact) mass is 271 g/mol. The zero-order valence-corrected chi connectivity index (χ0v) is 10.7. The number of esters is 1. The van der Waals surface area contributed by atoms with Crippen molar-refractivity contribution in [2.45, 2.75) is 25.3 Å². The molecule has 1 rings (SSSR count). The molecule has 1 atom stereocenters. The molecule has 0 fully saturated rings. The van der Waals surface area contributed by atoms with E-state index in [1.165, 1.54) is 38.3 Å². The summed E-state index contributed by atoms with van der Waals surface area (Å²) >= 11 is 0. The third-order valence-corrected chi connectivity index (χ3v) is 2.50. The van der Waals surface area contributed by atoms with E-state index in [0.29, 0.717) is 0 Å².